The molecule has 4 heteroatoms. The van der Waals surface area contributed by atoms with Gasteiger partial charge in [0.25, 0.3) is 5.91 Å². The van der Waals surface area contributed by atoms with Crippen molar-refractivity contribution in [3.05, 3.63) is 71.8 Å². The molecule has 0 spiro atoms. The summed E-state index contributed by atoms with van der Waals surface area (Å²) in [4.78, 5) is 14.8. The van der Waals surface area contributed by atoms with E-state index in [0.29, 0.717) is 6.04 Å². The van der Waals surface area contributed by atoms with Gasteiger partial charge in [0.05, 0.1) is 18.1 Å². The predicted molar refractivity (Wildman–Crippen MR) is 99.5 cm³/mol. The van der Waals surface area contributed by atoms with Gasteiger partial charge in [-0.3, -0.25) is 9.80 Å². The van der Waals surface area contributed by atoms with Gasteiger partial charge in [0, 0.05) is 18.3 Å². The quantitative estimate of drug-likeness (QED) is 0.631. The Kier molecular flexibility index (Phi) is 4.04. The Balaban J connectivity index is 1.47. The Morgan fingerprint density at radius 3 is 2.52 bits per heavy atom. The molecule has 1 amide bonds. The summed E-state index contributed by atoms with van der Waals surface area (Å²) in [5.41, 5.74) is 1.74. The zero-order valence-electron chi connectivity index (χ0n) is 14.5. The van der Waals surface area contributed by atoms with E-state index in [4.69, 9.17) is 0 Å². The number of carbonyl (C=O) groups is 1. The number of carbonyl (C=O) groups excluding carboxylic acids is 1. The van der Waals surface area contributed by atoms with Crippen molar-refractivity contribution in [2.45, 2.75) is 31.3 Å². The van der Waals surface area contributed by atoms with Gasteiger partial charge >= 0.3 is 0 Å². The van der Waals surface area contributed by atoms with E-state index < -0.39 is 0 Å². The van der Waals surface area contributed by atoms with Gasteiger partial charge in [0.1, 0.15) is 0 Å². The summed E-state index contributed by atoms with van der Waals surface area (Å²) in [5, 5.41) is 6.78. The highest BCUT2D eigenvalue weighted by Crippen LogP contribution is 2.36. The Hall–Kier alpha value is -2.62. The van der Waals surface area contributed by atoms with Gasteiger partial charge in [-0.25, -0.2) is 0 Å². The van der Waals surface area contributed by atoms with Crippen LogP contribution in [0.5, 0.6) is 0 Å². The molecule has 4 rings (SSSR count). The molecule has 0 aromatic heterocycles. The first-order valence-electron chi connectivity index (χ1n) is 8.91. The van der Waals surface area contributed by atoms with Gasteiger partial charge < -0.3 is 4.90 Å². The monoisotopic (exact) mass is 333 g/mol. The first-order chi connectivity index (χ1) is 12.2. The van der Waals surface area contributed by atoms with Gasteiger partial charge in [-0.15, -0.1) is 0 Å². The van der Waals surface area contributed by atoms with E-state index in [1.807, 2.05) is 47.5 Å². The molecule has 2 atom stereocenters. The minimum atomic E-state index is -0.309. The van der Waals surface area contributed by atoms with Crippen molar-refractivity contribution in [3.8, 4) is 0 Å². The minimum Gasteiger partial charge on any atom is -0.328 e. The van der Waals surface area contributed by atoms with Crippen molar-refractivity contribution in [3.63, 3.8) is 0 Å². The van der Waals surface area contributed by atoms with Gasteiger partial charge in [-0.2, -0.15) is 5.10 Å². The van der Waals surface area contributed by atoms with E-state index in [0.717, 1.165) is 31.5 Å². The third-order valence-electron chi connectivity index (χ3n) is 5.20. The van der Waals surface area contributed by atoms with E-state index in [2.05, 4.69) is 41.3 Å². The zero-order chi connectivity index (χ0) is 17.3. The highest BCUT2D eigenvalue weighted by Gasteiger charge is 2.40. The number of amides is 1. The maximum absolute atomic E-state index is 12.9. The van der Waals surface area contributed by atoms with Crippen molar-refractivity contribution < 1.29 is 4.79 Å². The van der Waals surface area contributed by atoms with Crippen molar-refractivity contribution in [2.24, 2.45) is 5.10 Å². The molecular weight excluding hydrogens is 310 g/mol. The van der Waals surface area contributed by atoms with Crippen LogP contribution in [0, 0.1) is 0 Å². The average molecular weight is 333 g/mol. The Labute approximate surface area is 148 Å². The molecule has 2 unspecified atom stereocenters. The normalized spacial score (nSPS) is 25.6. The van der Waals surface area contributed by atoms with E-state index in [9.17, 15) is 4.79 Å². The van der Waals surface area contributed by atoms with Gasteiger partial charge in [0.2, 0.25) is 0 Å². The van der Waals surface area contributed by atoms with Crippen LogP contribution < -0.4 is 0 Å². The second-order valence-electron chi connectivity index (χ2n) is 7.08. The largest absolute Gasteiger partial charge is 0.328 e. The molecule has 0 N–H and O–H groups in total. The average Bonchev–Trinajstić information content (AvgIpc) is 3.35. The van der Waals surface area contributed by atoms with E-state index >= 15 is 0 Å². The molecule has 2 aliphatic rings. The summed E-state index contributed by atoms with van der Waals surface area (Å²) in [5.74, 6) is 0.0949. The van der Waals surface area contributed by atoms with Crippen molar-refractivity contribution in [1.29, 1.82) is 0 Å². The van der Waals surface area contributed by atoms with Crippen LogP contribution in [0.15, 0.2) is 65.8 Å². The second kappa shape index (κ2) is 6.36. The number of benzene rings is 2. The topological polar surface area (TPSA) is 35.7 Å². The SMILES string of the molecule is CC1(/C=N/N2CC2c2ccccc2)CCCN1C(=O)c1ccccc1. The van der Waals surface area contributed by atoms with Crippen LogP contribution in [0.3, 0.4) is 0 Å². The summed E-state index contributed by atoms with van der Waals surface area (Å²) in [6, 6.07) is 20.3. The Bertz CT molecular complexity index is 774. The molecular formula is C21H23N3O. The van der Waals surface area contributed by atoms with Gasteiger partial charge in [0.15, 0.2) is 0 Å². The lowest BCUT2D eigenvalue weighted by molar-refractivity contribution is 0.0707. The molecule has 2 aliphatic heterocycles. The number of hydrazone groups is 1. The molecule has 2 aromatic carbocycles. The molecule has 0 radical (unpaired) electrons. The standard InChI is InChI=1S/C21H23N3O/c1-21(16-22-24-15-19(24)17-9-4-2-5-10-17)13-8-14-23(21)20(25)18-11-6-3-7-12-18/h2-7,9-12,16,19H,8,13-15H2,1H3/b22-16+. The lowest BCUT2D eigenvalue weighted by Crippen LogP contribution is -2.46. The Morgan fingerprint density at radius 1 is 1.12 bits per heavy atom. The molecule has 128 valence electrons. The summed E-state index contributed by atoms with van der Waals surface area (Å²) < 4.78 is 0. The lowest BCUT2D eigenvalue weighted by atomic mass is 10.00. The summed E-state index contributed by atoms with van der Waals surface area (Å²) >= 11 is 0. The predicted octanol–water partition coefficient (Wildman–Crippen LogP) is 3.72. The molecule has 4 nitrogen and oxygen atoms in total. The van der Waals surface area contributed by atoms with Gasteiger partial charge in [-0.05, 0) is 37.5 Å². The highest BCUT2D eigenvalue weighted by molar-refractivity contribution is 5.97. The first-order valence-corrected chi connectivity index (χ1v) is 8.91. The second-order valence-corrected chi connectivity index (χ2v) is 7.08. The molecule has 0 saturated carbocycles. The summed E-state index contributed by atoms with van der Waals surface area (Å²) in [7, 11) is 0. The minimum absolute atomic E-state index is 0.0949. The third-order valence-corrected chi connectivity index (χ3v) is 5.20. The maximum atomic E-state index is 12.9. The van der Waals surface area contributed by atoms with Crippen LogP contribution in [0.2, 0.25) is 0 Å². The molecule has 2 saturated heterocycles. The summed E-state index contributed by atoms with van der Waals surface area (Å²) in [6.07, 6.45) is 3.95. The fraction of sp³-hybridized carbons (Fsp3) is 0.333. The van der Waals surface area contributed by atoms with Crippen LogP contribution in [0.25, 0.3) is 0 Å². The van der Waals surface area contributed by atoms with Crippen LogP contribution in [-0.2, 0) is 0 Å². The molecule has 2 aromatic rings. The number of hydrogen-bond donors (Lipinski definition) is 0. The Morgan fingerprint density at radius 2 is 1.80 bits per heavy atom. The first kappa shape index (κ1) is 15.9. The zero-order valence-corrected chi connectivity index (χ0v) is 14.5. The highest BCUT2D eigenvalue weighted by atomic mass is 16.2. The van der Waals surface area contributed by atoms with Crippen LogP contribution in [0.4, 0.5) is 0 Å². The molecule has 2 fully saturated rings. The number of likely N-dealkylation sites (tertiary alicyclic amines) is 1. The lowest BCUT2D eigenvalue weighted by Gasteiger charge is -2.32. The number of hydrogen-bond acceptors (Lipinski definition) is 3. The molecule has 0 bridgehead atoms. The molecule has 0 aliphatic carbocycles. The maximum Gasteiger partial charge on any atom is 0.254 e. The molecule has 2 heterocycles. The summed E-state index contributed by atoms with van der Waals surface area (Å²) in [6.45, 7) is 3.85. The smallest absolute Gasteiger partial charge is 0.254 e. The number of rotatable bonds is 4. The van der Waals surface area contributed by atoms with Crippen LogP contribution in [0.1, 0.15) is 41.7 Å². The van der Waals surface area contributed by atoms with Crippen molar-refractivity contribution in [1.82, 2.24) is 9.91 Å². The van der Waals surface area contributed by atoms with Crippen molar-refractivity contribution in [2.75, 3.05) is 13.1 Å². The van der Waals surface area contributed by atoms with E-state index in [-0.39, 0.29) is 11.4 Å². The van der Waals surface area contributed by atoms with Crippen LogP contribution in [-0.4, -0.2) is 40.7 Å². The van der Waals surface area contributed by atoms with E-state index in [1.54, 1.807) is 0 Å². The van der Waals surface area contributed by atoms with Crippen molar-refractivity contribution >= 4 is 12.1 Å². The fourth-order valence-electron chi connectivity index (χ4n) is 3.60. The number of nitrogens with zero attached hydrogens (tertiary/aromatic N) is 3. The van der Waals surface area contributed by atoms with E-state index in [1.165, 1.54) is 5.56 Å². The van der Waals surface area contributed by atoms with Crippen LogP contribution >= 0.6 is 0 Å². The molecule has 25 heavy (non-hydrogen) atoms. The van der Waals surface area contributed by atoms with Gasteiger partial charge in [-0.1, -0.05) is 48.5 Å². The fourth-order valence-corrected chi connectivity index (χ4v) is 3.60. The third kappa shape index (κ3) is 3.16.